The minimum Gasteiger partial charge on any atom is -0.487 e. The largest absolute Gasteiger partial charge is 0.487 e. The molecule has 0 N–H and O–H groups in total. The van der Waals surface area contributed by atoms with Crippen LogP contribution in [0.2, 0.25) is 0 Å². The van der Waals surface area contributed by atoms with E-state index in [0.29, 0.717) is 5.92 Å². The second-order valence-corrected chi connectivity index (χ2v) is 5.45. The van der Waals surface area contributed by atoms with E-state index < -0.39 is 0 Å². The lowest BCUT2D eigenvalue weighted by Gasteiger charge is -2.34. The molecule has 2 heteroatoms. The Morgan fingerprint density at radius 1 is 1.47 bits per heavy atom. The first-order valence-electron chi connectivity index (χ1n) is 5.66. The summed E-state index contributed by atoms with van der Waals surface area (Å²) >= 11 is 4.49. The molecule has 1 atom stereocenters. The summed E-state index contributed by atoms with van der Waals surface area (Å²) in [5, 5.41) is 0. The van der Waals surface area contributed by atoms with Gasteiger partial charge in [0.2, 0.25) is 0 Å². The van der Waals surface area contributed by atoms with Gasteiger partial charge in [0.05, 0.1) is 0 Å². The Balaban J connectivity index is 2.85. The van der Waals surface area contributed by atoms with Crippen molar-refractivity contribution in [2.75, 3.05) is 0 Å². The minimum absolute atomic E-state index is 0.172. The van der Waals surface area contributed by atoms with Crippen LogP contribution in [0.1, 0.15) is 47.5 Å². The lowest BCUT2D eigenvalue weighted by atomic mass is 9.94. The zero-order valence-corrected chi connectivity index (χ0v) is 11.3. The van der Waals surface area contributed by atoms with E-state index in [1.54, 1.807) is 0 Å². The van der Waals surface area contributed by atoms with E-state index in [1.807, 2.05) is 0 Å². The van der Waals surface area contributed by atoms with E-state index in [4.69, 9.17) is 4.74 Å². The molecule has 0 spiro atoms. The van der Waals surface area contributed by atoms with Crippen molar-refractivity contribution in [2.45, 2.75) is 53.1 Å². The van der Waals surface area contributed by atoms with E-state index in [1.165, 1.54) is 12.0 Å². The van der Waals surface area contributed by atoms with Crippen LogP contribution in [-0.4, -0.2) is 5.60 Å². The molecule has 0 aromatic carbocycles. The van der Waals surface area contributed by atoms with Crippen LogP contribution in [0.15, 0.2) is 22.3 Å². The van der Waals surface area contributed by atoms with Crippen molar-refractivity contribution in [3.8, 4) is 0 Å². The van der Waals surface area contributed by atoms with Gasteiger partial charge in [-0.2, -0.15) is 0 Å². The smallest absolute Gasteiger partial charge is 0.124 e. The van der Waals surface area contributed by atoms with E-state index in [-0.39, 0.29) is 5.60 Å². The molecule has 0 saturated carbocycles. The minimum atomic E-state index is -0.172. The van der Waals surface area contributed by atoms with Gasteiger partial charge in [0, 0.05) is 11.3 Å². The van der Waals surface area contributed by atoms with Crippen LogP contribution >= 0.6 is 12.6 Å². The molecular formula is C13H22OS. The third kappa shape index (κ3) is 3.04. The Kier molecular flexibility index (Phi) is 3.93. The summed E-state index contributed by atoms with van der Waals surface area (Å²) in [7, 11) is 0. The molecule has 15 heavy (non-hydrogen) atoms. The van der Waals surface area contributed by atoms with Gasteiger partial charge in [-0.3, -0.25) is 0 Å². The fourth-order valence-corrected chi connectivity index (χ4v) is 1.84. The summed E-state index contributed by atoms with van der Waals surface area (Å²) in [6.45, 7) is 10.8. The number of allylic oxidation sites excluding steroid dienone is 2. The predicted molar refractivity (Wildman–Crippen MR) is 69.0 cm³/mol. The van der Waals surface area contributed by atoms with Crippen LogP contribution in [0.4, 0.5) is 0 Å². The number of rotatable bonds is 3. The zero-order valence-electron chi connectivity index (χ0n) is 10.4. The van der Waals surface area contributed by atoms with Crippen LogP contribution in [0.5, 0.6) is 0 Å². The average molecular weight is 226 g/mol. The summed E-state index contributed by atoms with van der Waals surface area (Å²) in [6.07, 6.45) is 4.30. The predicted octanol–water partition coefficient (Wildman–Crippen LogP) is 4.32. The summed E-state index contributed by atoms with van der Waals surface area (Å²) < 4.78 is 6.01. The van der Waals surface area contributed by atoms with E-state index in [0.717, 1.165) is 17.1 Å². The molecule has 1 unspecified atom stereocenters. The molecule has 0 radical (unpaired) electrons. The molecule has 0 fully saturated rings. The van der Waals surface area contributed by atoms with E-state index >= 15 is 0 Å². The molecular weight excluding hydrogens is 204 g/mol. The summed E-state index contributed by atoms with van der Waals surface area (Å²) in [5.74, 6) is 1.70. The van der Waals surface area contributed by atoms with E-state index in [2.05, 4.69) is 53.3 Å². The lowest BCUT2D eigenvalue weighted by molar-refractivity contribution is 0.0533. The zero-order chi connectivity index (χ0) is 11.6. The van der Waals surface area contributed by atoms with Crippen LogP contribution in [0.3, 0.4) is 0 Å². The van der Waals surface area contributed by atoms with Gasteiger partial charge in [-0.25, -0.2) is 0 Å². The quantitative estimate of drug-likeness (QED) is 0.705. The summed E-state index contributed by atoms with van der Waals surface area (Å²) in [5.41, 5.74) is 1.06. The Labute approximate surface area is 99.0 Å². The van der Waals surface area contributed by atoms with Gasteiger partial charge in [0.15, 0.2) is 0 Å². The maximum absolute atomic E-state index is 6.01. The fourth-order valence-electron chi connectivity index (χ4n) is 1.51. The van der Waals surface area contributed by atoms with Crippen molar-refractivity contribution in [3.63, 3.8) is 0 Å². The molecule has 0 aromatic heterocycles. The van der Waals surface area contributed by atoms with E-state index in [9.17, 15) is 0 Å². The highest BCUT2D eigenvalue weighted by atomic mass is 32.1. The topological polar surface area (TPSA) is 9.23 Å². The SMILES string of the molecule is CCC(C)CC1=C(S)C=C(C)C(C)(C)O1. The van der Waals surface area contributed by atoms with Crippen molar-refractivity contribution < 1.29 is 4.74 Å². The fraction of sp³-hybridized carbons (Fsp3) is 0.692. The van der Waals surface area contributed by atoms with Gasteiger partial charge in [-0.05, 0) is 38.3 Å². The molecule has 1 nitrogen and oxygen atoms in total. The molecule has 1 aliphatic heterocycles. The van der Waals surface area contributed by atoms with Gasteiger partial charge >= 0.3 is 0 Å². The molecule has 86 valence electrons. The maximum Gasteiger partial charge on any atom is 0.124 e. The molecule has 0 aromatic rings. The molecule has 1 aliphatic rings. The number of ether oxygens (including phenoxy) is 1. The Bertz CT molecular complexity index is 300. The van der Waals surface area contributed by atoms with Crippen LogP contribution in [0, 0.1) is 5.92 Å². The first-order chi connectivity index (χ1) is 6.86. The first-order valence-corrected chi connectivity index (χ1v) is 6.11. The van der Waals surface area contributed by atoms with Crippen molar-refractivity contribution in [3.05, 3.63) is 22.3 Å². The monoisotopic (exact) mass is 226 g/mol. The van der Waals surface area contributed by atoms with Crippen molar-refractivity contribution in [1.82, 2.24) is 0 Å². The normalized spacial score (nSPS) is 22.1. The molecule has 0 bridgehead atoms. The Morgan fingerprint density at radius 2 is 2.07 bits per heavy atom. The lowest BCUT2D eigenvalue weighted by Crippen LogP contribution is -2.29. The molecule has 0 saturated heterocycles. The van der Waals surface area contributed by atoms with Crippen molar-refractivity contribution in [1.29, 1.82) is 0 Å². The van der Waals surface area contributed by atoms with Gasteiger partial charge in [0.1, 0.15) is 11.4 Å². The number of hydrogen-bond donors (Lipinski definition) is 1. The van der Waals surface area contributed by atoms with Crippen LogP contribution in [0.25, 0.3) is 0 Å². The van der Waals surface area contributed by atoms with Gasteiger partial charge < -0.3 is 4.74 Å². The van der Waals surface area contributed by atoms with Gasteiger partial charge in [-0.15, -0.1) is 12.6 Å². The summed E-state index contributed by atoms with van der Waals surface area (Å²) in [4.78, 5) is 0.993. The molecule has 1 heterocycles. The molecule has 0 aliphatic carbocycles. The number of thiol groups is 1. The van der Waals surface area contributed by atoms with Crippen LogP contribution in [-0.2, 0) is 4.74 Å². The van der Waals surface area contributed by atoms with Gasteiger partial charge in [-0.1, -0.05) is 20.3 Å². The molecule has 1 rings (SSSR count). The summed E-state index contributed by atoms with van der Waals surface area (Å²) in [6, 6.07) is 0. The second kappa shape index (κ2) is 4.65. The first kappa shape index (κ1) is 12.7. The van der Waals surface area contributed by atoms with Crippen molar-refractivity contribution >= 4 is 12.6 Å². The molecule has 0 amide bonds. The average Bonchev–Trinajstić information content (AvgIpc) is 2.14. The highest BCUT2D eigenvalue weighted by Crippen LogP contribution is 2.35. The van der Waals surface area contributed by atoms with Gasteiger partial charge in [0.25, 0.3) is 0 Å². The third-order valence-electron chi connectivity index (χ3n) is 3.20. The number of hydrogen-bond acceptors (Lipinski definition) is 2. The Hall–Kier alpha value is -0.370. The highest BCUT2D eigenvalue weighted by Gasteiger charge is 2.28. The maximum atomic E-state index is 6.01. The highest BCUT2D eigenvalue weighted by molar-refractivity contribution is 7.84. The van der Waals surface area contributed by atoms with Crippen molar-refractivity contribution in [2.24, 2.45) is 5.92 Å². The van der Waals surface area contributed by atoms with Crippen LogP contribution < -0.4 is 0 Å². The Morgan fingerprint density at radius 3 is 2.60 bits per heavy atom. The third-order valence-corrected chi connectivity index (χ3v) is 3.58. The second-order valence-electron chi connectivity index (χ2n) is 4.97. The standard InChI is InChI=1S/C13H22OS/c1-6-9(2)7-11-12(15)8-10(3)13(4,5)14-11/h8-9,15H,6-7H2,1-5H3.